The highest BCUT2D eigenvalue weighted by molar-refractivity contribution is 6.31. The van der Waals surface area contributed by atoms with E-state index in [0.29, 0.717) is 11.8 Å². The first-order valence-corrected chi connectivity index (χ1v) is 7.70. The maximum Gasteiger partial charge on any atom is 0.157 e. The van der Waals surface area contributed by atoms with Gasteiger partial charge in [-0.05, 0) is 54.4 Å². The Balaban J connectivity index is 2.06. The van der Waals surface area contributed by atoms with E-state index in [0.717, 1.165) is 33.8 Å². The topological polar surface area (TPSA) is 41.1 Å². The Labute approximate surface area is 126 Å². The average molecular weight is 294 g/mol. The molecule has 2 heterocycles. The number of fused-ring (bicyclic) bond motifs is 8. The fourth-order valence-electron chi connectivity index (χ4n) is 4.31. The third-order valence-electron chi connectivity index (χ3n) is 5.12. The van der Waals surface area contributed by atoms with Crippen molar-refractivity contribution in [3.63, 3.8) is 0 Å². The largest absolute Gasteiger partial charge is 0.281 e. The molecule has 2 unspecified atom stereocenters. The van der Waals surface area contributed by atoms with Gasteiger partial charge in [0.2, 0.25) is 0 Å². The maximum absolute atomic E-state index is 9.70. The molecule has 1 fully saturated rings. The summed E-state index contributed by atoms with van der Waals surface area (Å²) in [5.41, 5.74) is 5.72. The second kappa shape index (κ2) is 3.78. The molecule has 2 aliphatic carbocycles. The van der Waals surface area contributed by atoms with Crippen molar-refractivity contribution in [2.45, 2.75) is 31.1 Å². The van der Waals surface area contributed by atoms with Crippen LogP contribution >= 0.6 is 11.6 Å². The van der Waals surface area contributed by atoms with Gasteiger partial charge in [-0.15, -0.1) is 0 Å². The molecule has 2 aliphatic rings. The molecule has 4 heteroatoms. The van der Waals surface area contributed by atoms with Crippen LogP contribution in [0, 0.1) is 11.3 Å². The molecule has 1 saturated carbocycles. The molecule has 2 bridgehead atoms. The van der Waals surface area contributed by atoms with E-state index in [1.54, 1.807) is 0 Å². The van der Waals surface area contributed by atoms with Crippen LogP contribution in [0.2, 0.25) is 5.15 Å². The second-order valence-electron chi connectivity index (χ2n) is 6.07. The molecule has 3 aromatic rings. The minimum absolute atomic E-state index is 0.502. The summed E-state index contributed by atoms with van der Waals surface area (Å²) in [6.07, 6.45) is 3.52. The Kier molecular flexibility index (Phi) is 2.09. The molecule has 102 valence electrons. The van der Waals surface area contributed by atoms with Gasteiger partial charge >= 0.3 is 0 Å². The minimum atomic E-state index is 0.502. The normalized spacial score (nSPS) is 22.9. The lowest BCUT2D eigenvalue weighted by Crippen LogP contribution is -2.07. The first-order valence-electron chi connectivity index (χ1n) is 7.32. The number of hydrogen-bond donors (Lipinski definition) is 0. The van der Waals surface area contributed by atoms with E-state index in [1.807, 2.05) is 28.7 Å². The average Bonchev–Trinajstić information content (AvgIpc) is 3.20. The molecular formula is C17H12ClN3. The van der Waals surface area contributed by atoms with E-state index >= 15 is 0 Å². The lowest BCUT2D eigenvalue weighted by atomic mass is 9.90. The van der Waals surface area contributed by atoms with Crippen LogP contribution in [0.25, 0.3) is 16.7 Å². The van der Waals surface area contributed by atoms with Crippen LogP contribution in [0.4, 0.5) is 0 Å². The summed E-state index contributed by atoms with van der Waals surface area (Å²) in [4.78, 5) is 4.66. The number of rotatable bonds is 0. The number of pyridine rings is 1. The number of imidazole rings is 1. The molecule has 0 amide bonds. The van der Waals surface area contributed by atoms with Gasteiger partial charge in [-0.3, -0.25) is 4.40 Å². The third-order valence-corrected chi connectivity index (χ3v) is 5.50. The molecule has 0 aliphatic heterocycles. The Morgan fingerprint density at radius 1 is 1.19 bits per heavy atom. The molecular weight excluding hydrogens is 282 g/mol. The van der Waals surface area contributed by atoms with Gasteiger partial charge in [0.25, 0.3) is 0 Å². The molecule has 0 saturated heterocycles. The van der Waals surface area contributed by atoms with Crippen LogP contribution in [0.1, 0.15) is 47.8 Å². The third kappa shape index (κ3) is 1.27. The van der Waals surface area contributed by atoms with Gasteiger partial charge in [0.15, 0.2) is 5.65 Å². The molecule has 5 rings (SSSR count). The van der Waals surface area contributed by atoms with Crippen molar-refractivity contribution in [2.75, 3.05) is 0 Å². The van der Waals surface area contributed by atoms with Gasteiger partial charge in [0, 0.05) is 0 Å². The maximum atomic E-state index is 9.70. The van der Waals surface area contributed by atoms with Crippen molar-refractivity contribution >= 4 is 28.3 Å². The van der Waals surface area contributed by atoms with Crippen LogP contribution in [0.3, 0.4) is 0 Å². The van der Waals surface area contributed by atoms with Gasteiger partial charge in [0.05, 0.1) is 16.6 Å². The van der Waals surface area contributed by atoms with Crippen LogP contribution in [0.5, 0.6) is 0 Å². The summed E-state index contributed by atoms with van der Waals surface area (Å²) in [5.74, 6) is 1.03. The van der Waals surface area contributed by atoms with Crippen molar-refractivity contribution in [3.8, 4) is 6.07 Å². The van der Waals surface area contributed by atoms with E-state index in [4.69, 9.17) is 11.6 Å². The summed E-state index contributed by atoms with van der Waals surface area (Å²) < 4.78 is 1.97. The molecule has 2 atom stereocenters. The minimum Gasteiger partial charge on any atom is -0.281 e. The summed E-state index contributed by atoms with van der Waals surface area (Å²) in [7, 11) is 0. The highest BCUT2D eigenvalue weighted by Crippen LogP contribution is 2.56. The summed E-state index contributed by atoms with van der Waals surface area (Å²) in [5, 5.41) is 10.5. The number of halogens is 1. The SMILES string of the molecule is N#Cc1c2c(c(Cl)n3c1nc1ccccc13)C1CCC2C1. The van der Waals surface area contributed by atoms with Crippen molar-refractivity contribution in [2.24, 2.45) is 0 Å². The zero-order valence-corrected chi connectivity index (χ0v) is 12.1. The highest BCUT2D eigenvalue weighted by atomic mass is 35.5. The van der Waals surface area contributed by atoms with E-state index in [2.05, 4.69) is 11.1 Å². The zero-order valence-electron chi connectivity index (χ0n) is 11.3. The summed E-state index contributed by atoms with van der Waals surface area (Å²) in [6.45, 7) is 0. The molecule has 2 aromatic heterocycles. The van der Waals surface area contributed by atoms with Crippen LogP contribution in [-0.2, 0) is 0 Å². The van der Waals surface area contributed by atoms with Crippen LogP contribution < -0.4 is 0 Å². The van der Waals surface area contributed by atoms with E-state index in [9.17, 15) is 5.26 Å². The number of nitriles is 1. The lowest BCUT2D eigenvalue weighted by molar-refractivity contribution is 0.712. The molecule has 3 nitrogen and oxygen atoms in total. The van der Waals surface area contributed by atoms with Crippen LogP contribution in [-0.4, -0.2) is 9.38 Å². The Morgan fingerprint density at radius 3 is 2.76 bits per heavy atom. The highest BCUT2D eigenvalue weighted by Gasteiger charge is 2.42. The first kappa shape index (κ1) is 11.6. The lowest BCUT2D eigenvalue weighted by Gasteiger charge is -2.19. The van der Waals surface area contributed by atoms with Gasteiger partial charge in [0.1, 0.15) is 11.2 Å². The molecule has 0 N–H and O–H groups in total. The van der Waals surface area contributed by atoms with Crippen molar-refractivity contribution in [3.05, 3.63) is 46.1 Å². The fourth-order valence-corrected chi connectivity index (χ4v) is 4.73. The predicted molar refractivity (Wildman–Crippen MR) is 81.8 cm³/mol. The zero-order chi connectivity index (χ0) is 14.1. The predicted octanol–water partition coefficient (Wildman–Crippen LogP) is 4.38. The fraction of sp³-hybridized carbons (Fsp3) is 0.294. The molecule has 0 radical (unpaired) electrons. The molecule has 21 heavy (non-hydrogen) atoms. The summed E-state index contributed by atoms with van der Waals surface area (Å²) >= 11 is 6.74. The van der Waals surface area contributed by atoms with Crippen molar-refractivity contribution in [1.82, 2.24) is 9.38 Å². The number of benzene rings is 1. The Bertz CT molecular complexity index is 964. The number of hydrogen-bond acceptors (Lipinski definition) is 2. The monoisotopic (exact) mass is 293 g/mol. The smallest absolute Gasteiger partial charge is 0.157 e. The Morgan fingerprint density at radius 2 is 1.95 bits per heavy atom. The number of nitrogens with zero attached hydrogens (tertiary/aromatic N) is 3. The second-order valence-corrected chi connectivity index (χ2v) is 6.43. The number of para-hydroxylation sites is 2. The van der Waals surface area contributed by atoms with Gasteiger partial charge in [-0.2, -0.15) is 5.26 Å². The van der Waals surface area contributed by atoms with Gasteiger partial charge < -0.3 is 0 Å². The quantitative estimate of drug-likeness (QED) is 0.577. The van der Waals surface area contributed by atoms with Crippen molar-refractivity contribution < 1.29 is 0 Å². The van der Waals surface area contributed by atoms with Gasteiger partial charge in [-0.25, -0.2) is 4.98 Å². The standard InChI is InChI=1S/C17H12ClN3/c18-16-15-10-6-5-9(7-10)14(15)11(8-19)17-20-12-3-1-2-4-13(12)21(16)17/h1-4,9-10H,5-7H2. The van der Waals surface area contributed by atoms with Crippen molar-refractivity contribution in [1.29, 1.82) is 5.26 Å². The number of aromatic nitrogens is 2. The first-order chi connectivity index (χ1) is 10.3. The van der Waals surface area contributed by atoms with Gasteiger partial charge in [-0.1, -0.05) is 23.7 Å². The van der Waals surface area contributed by atoms with Crippen LogP contribution in [0.15, 0.2) is 24.3 Å². The Hall–Kier alpha value is -2.05. The molecule has 1 aromatic carbocycles. The summed E-state index contributed by atoms with van der Waals surface area (Å²) in [6, 6.07) is 10.3. The van der Waals surface area contributed by atoms with E-state index in [1.165, 1.54) is 24.0 Å². The van der Waals surface area contributed by atoms with E-state index < -0.39 is 0 Å². The van der Waals surface area contributed by atoms with E-state index in [-0.39, 0.29) is 0 Å². The molecule has 0 spiro atoms.